The quantitative estimate of drug-likeness (QED) is 0.750. The third kappa shape index (κ3) is 7.18. The van der Waals surface area contributed by atoms with Gasteiger partial charge in [-0.15, -0.1) is 11.8 Å². The SMILES string of the molecule is Cc1ccc(SCCC(=O)N(CC(=O)O)CC(C)C)cc1. The fourth-order valence-electron chi connectivity index (χ4n) is 1.91. The molecule has 21 heavy (non-hydrogen) atoms. The Morgan fingerprint density at radius 1 is 1.24 bits per heavy atom. The molecule has 0 saturated carbocycles. The molecule has 0 atom stereocenters. The molecular formula is C16H23NO3S. The first-order valence-electron chi connectivity index (χ1n) is 7.07. The highest BCUT2D eigenvalue weighted by molar-refractivity contribution is 7.99. The number of carboxylic acids is 1. The van der Waals surface area contributed by atoms with E-state index in [2.05, 4.69) is 0 Å². The third-order valence-corrected chi connectivity index (χ3v) is 3.88. The lowest BCUT2D eigenvalue weighted by Gasteiger charge is -2.22. The second kappa shape index (κ2) is 8.72. The van der Waals surface area contributed by atoms with Crippen LogP contribution in [0.1, 0.15) is 25.8 Å². The molecular weight excluding hydrogens is 286 g/mol. The zero-order valence-corrected chi connectivity index (χ0v) is 13.7. The van der Waals surface area contributed by atoms with Crippen molar-refractivity contribution in [2.75, 3.05) is 18.8 Å². The maximum atomic E-state index is 12.1. The van der Waals surface area contributed by atoms with E-state index < -0.39 is 5.97 Å². The summed E-state index contributed by atoms with van der Waals surface area (Å²) in [6.07, 6.45) is 0.360. The molecule has 0 unspecified atom stereocenters. The van der Waals surface area contributed by atoms with Gasteiger partial charge in [-0.25, -0.2) is 0 Å². The van der Waals surface area contributed by atoms with Crippen molar-refractivity contribution >= 4 is 23.6 Å². The summed E-state index contributed by atoms with van der Waals surface area (Å²) in [4.78, 5) is 25.5. The number of carboxylic acid groups (broad SMARTS) is 1. The first-order chi connectivity index (χ1) is 9.88. The van der Waals surface area contributed by atoms with Gasteiger partial charge in [-0.3, -0.25) is 9.59 Å². The molecule has 0 saturated heterocycles. The summed E-state index contributed by atoms with van der Waals surface area (Å²) in [6.45, 7) is 6.26. The summed E-state index contributed by atoms with van der Waals surface area (Å²) in [7, 11) is 0. The lowest BCUT2D eigenvalue weighted by Crippen LogP contribution is -2.38. The van der Waals surface area contributed by atoms with Crippen LogP contribution in [0.3, 0.4) is 0 Å². The minimum Gasteiger partial charge on any atom is -0.480 e. The molecule has 1 aromatic rings. The fourth-order valence-corrected chi connectivity index (χ4v) is 2.75. The molecule has 4 nitrogen and oxygen atoms in total. The highest BCUT2D eigenvalue weighted by Crippen LogP contribution is 2.19. The zero-order chi connectivity index (χ0) is 15.8. The maximum Gasteiger partial charge on any atom is 0.323 e. The molecule has 0 bridgehead atoms. The van der Waals surface area contributed by atoms with Crippen molar-refractivity contribution in [2.45, 2.75) is 32.1 Å². The number of aryl methyl sites for hydroxylation is 1. The van der Waals surface area contributed by atoms with E-state index in [1.54, 1.807) is 11.8 Å². The summed E-state index contributed by atoms with van der Waals surface area (Å²) in [5.41, 5.74) is 1.21. The lowest BCUT2D eigenvalue weighted by atomic mass is 10.2. The molecule has 0 heterocycles. The van der Waals surface area contributed by atoms with Crippen molar-refractivity contribution in [1.29, 1.82) is 0 Å². The Hall–Kier alpha value is -1.49. The first-order valence-corrected chi connectivity index (χ1v) is 8.06. The Bertz CT molecular complexity index is 471. The van der Waals surface area contributed by atoms with Gasteiger partial charge in [-0.05, 0) is 25.0 Å². The summed E-state index contributed by atoms with van der Waals surface area (Å²) >= 11 is 1.62. The van der Waals surface area contributed by atoms with Crippen molar-refractivity contribution in [3.63, 3.8) is 0 Å². The Morgan fingerprint density at radius 3 is 2.38 bits per heavy atom. The van der Waals surface area contributed by atoms with Crippen LogP contribution in [0.5, 0.6) is 0 Å². The highest BCUT2D eigenvalue weighted by Gasteiger charge is 2.17. The fraction of sp³-hybridized carbons (Fsp3) is 0.500. The largest absolute Gasteiger partial charge is 0.480 e. The van der Waals surface area contributed by atoms with E-state index in [0.29, 0.717) is 18.7 Å². The van der Waals surface area contributed by atoms with Gasteiger partial charge in [0.2, 0.25) is 5.91 Å². The molecule has 0 spiro atoms. The highest BCUT2D eigenvalue weighted by atomic mass is 32.2. The predicted molar refractivity (Wildman–Crippen MR) is 85.6 cm³/mol. The van der Waals surface area contributed by atoms with Gasteiger partial charge in [0, 0.05) is 23.6 Å². The average Bonchev–Trinajstić information content (AvgIpc) is 2.39. The van der Waals surface area contributed by atoms with Gasteiger partial charge < -0.3 is 10.0 Å². The number of hydrogen-bond acceptors (Lipinski definition) is 3. The lowest BCUT2D eigenvalue weighted by molar-refractivity contribution is -0.144. The molecule has 1 rings (SSSR count). The van der Waals surface area contributed by atoms with E-state index in [1.807, 2.05) is 45.0 Å². The summed E-state index contributed by atoms with van der Waals surface area (Å²) in [5, 5.41) is 8.88. The summed E-state index contributed by atoms with van der Waals surface area (Å²) in [6, 6.07) is 8.15. The number of benzene rings is 1. The van der Waals surface area contributed by atoms with E-state index in [0.717, 1.165) is 4.90 Å². The predicted octanol–water partition coefficient (Wildman–Crippen LogP) is 3.05. The minimum atomic E-state index is -0.963. The van der Waals surface area contributed by atoms with E-state index in [4.69, 9.17) is 5.11 Å². The number of rotatable bonds is 8. The van der Waals surface area contributed by atoms with Crippen molar-refractivity contribution in [3.8, 4) is 0 Å². The molecule has 0 aliphatic heterocycles. The molecule has 116 valence electrons. The smallest absolute Gasteiger partial charge is 0.323 e. The van der Waals surface area contributed by atoms with E-state index >= 15 is 0 Å². The monoisotopic (exact) mass is 309 g/mol. The molecule has 0 aromatic heterocycles. The van der Waals surface area contributed by atoms with E-state index in [-0.39, 0.29) is 18.4 Å². The van der Waals surface area contributed by atoms with Gasteiger partial charge in [0.25, 0.3) is 0 Å². The number of amides is 1. The number of aliphatic carboxylic acids is 1. The maximum absolute atomic E-state index is 12.1. The Kier molecular flexibility index (Phi) is 7.29. The molecule has 1 N–H and O–H groups in total. The van der Waals surface area contributed by atoms with Crippen LogP contribution in [0.25, 0.3) is 0 Å². The van der Waals surface area contributed by atoms with Crippen molar-refractivity contribution in [1.82, 2.24) is 4.90 Å². The van der Waals surface area contributed by atoms with Crippen LogP contribution < -0.4 is 0 Å². The molecule has 0 aliphatic rings. The molecule has 0 aliphatic carbocycles. The summed E-state index contributed by atoms with van der Waals surface area (Å²) in [5.74, 6) is -0.130. The number of hydrogen-bond donors (Lipinski definition) is 1. The van der Waals surface area contributed by atoms with Crippen LogP contribution >= 0.6 is 11.8 Å². The number of carbonyl (C=O) groups excluding carboxylic acids is 1. The van der Waals surface area contributed by atoms with Crippen molar-refractivity contribution in [2.24, 2.45) is 5.92 Å². The van der Waals surface area contributed by atoms with E-state index in [1.165, 1.54) is 10.5 Å². The average molecular weight is 309 g/mol. The second-order valence-electron chi connectivity index (χ2n) is 5.47. The van der Waals surface area contributed by atoms with E-state index in [9.17, 15) is 9.59 Å². The van der Waals surface area contributed by atoms with Crippen molar-refractivity contribution in [3.05, 3.63) is 29.8 Å². The summed E-state index contributed by atoms with van der Waals surface area (Å²) < 4.78 is 0. The third-order valence-electron chi connectivity index (χ3n) is 2.87. The van der Waals surface area contributed by atoms with Crippen molar-refractivity contribution < 1.29 is 14.7 Å². The van der Waals surface area contributed by atoms with Gasteiger partial charge in [0.05, 0.1) is 0 Å². The first kappa shape index (κ1) is 17.6. The van der Waals surface area contributed by atoms with Gasteiger partial charge in [0.15, 0.2) is 0 Å². The molecule has 1 amide bonds. The number of thioether (sulfide) groups is 1. The second-order valence-corrected chi connectivity index (χ2v) is 6.64. The Morgan fingerprint density at radius 2 is 1.86 bits per heavy atom. The topological polar surface area (TPSA) is 57.6 Å². The van der Waals surface area contributed by atoms with Crippen LogP contribution in [-0.4, -0.2) is 40.7 Å². The molecule has 5 heteroatoms. The van der Waals surface area contributed by atoms with Crippen LogP contribution in [0, 0.1) is 12.8 Å². The van der Waals surface area contributed by atoms with Crippen LogP contribution in [0.2, 0.25) is 0 Å². The molecule has 1 aromatic carbocycles. The van der Waals surface area contributed by atoms with Gasteiger partial charge >= 0.3 is 5.97 Å². The van der Waals surface area contributed by atoms with Gasteiger partial charge in [0.1, 0.15) is 6.54 Å². The van der Waals surface area contributed by atoms with Gasteiger partial charge in [-0.2, -0.15) is 0 Å². The number of nitrogens with zero attached hydrogens (tertiary/aromatic N) is 1. The molecule has 0 radical (unpaired) electrons. The Balaban J connectivity index is 2.45. The van der Waals surface area contributed by atoms with Crippen LogP contribution in [-0.2, 0) is 9.59 Å². The normalized spacial score (nSPS) is 10.7. The van der Waals surface area contributed by atoms with Crippen LogP contribution in [0.4, 0.5) is 0 Å². The standard InChI is InChI=1S/C16H23NO3S/c1-12(2)10-17(11-16(19)20)15(18)8-9-21-14-6-4-13(3)5-7-14/h4-7,12H,8-11H2,1-3H3,(H,19,20). The van der Waals surface area contributed by atoms with Crippen LogP contribution in [0.15, 0.2) is 29.2 Å². The van der Waals surface area contributed by atoms with Gasteiger partial charge in [-0.1, -0.05) is 31.5 Å². The molecule has 0 fully saturated rings. The Labute approximate surface area is 130 Å². The zero-order valence-electron chi connectivity index (χ0n) is 12.8. The minimum absolute atomic E-state index is 0.0919. The number of carbonyl (C=O) groups is 2.